The van der Waals surface area contributed by atoms with Gasteiger partial charge in [0.1, 0.15) is 5.75 Å². The van der Waals surface area contributed by atoms with Crippen molar-refractivity contribution in [3.8, 4) is 5.75 Å². The summed E-state index contributed by atoms with van der Waals surface area (Å²) in [7, 11) is 1.69. The first-order valence-corrected chi connectivity index (χ1v) is 7.93. The Morgan fingerprint density at radius 3 is 2.77 bits per heavy atom. The van der Waals surface area contributed by atoms with Crippen molar-refractivity contribution < 1.29 is 4.74 Å². The van der Waals surface area contributed by atoms with E-state index in [1.54, 1.807) is 7.11 Å². The van der Waals surface area contributed by atoms with Crippen molar-refractivity contribution in [2.45, 2.75) is 45.4 Å². The molecule has 0 aliphatic rings. The Balaban J connectivity index is 0.00000441. The number of halogens is 1. The number of rotatable bonds is 10. The molecule has 0 heterocycles. The lowest BCUT2D eigenvalue weighted by atomic mass is 10.1. The molecule has 126 valence electrons. The fraction of sp³-hybridized carbons (Fsp3) is 0.588. The monoisotopic (exact) mass is 419 g/mol. The molecule has 3 N–H and O–H groups in total. The van der Waals surface area contributed by atoms with E-state index >= 15 is 0 Å². The van der Waals surface area contributed by atoms with Gasteiger partial charge in [-0.1, -0.05) is 38.3 Å². The molecule has 0 amide bonds. The third-order valence-corrected chi connectivity index (χ3v) is 3.38. The van der Waals surface area contributed by atoms with Crippen LogP contribution in [-0.2, 0) is 6.42 Å². The largest absolute Gasteiger partial charge is 0.497 e. The van der Waals surface area contributed by atoms with E-state index in [-0.39, 0.29) is 24.0 Å². The molecule has 0 unspecified atom stereocenters. The first-order valence-electron chi connectivity index (χ1n) is 7.93. The highest BCUT2D eigenvalue weighted by Gasteiger charge is 1.96. The minimum absolute atomic E-state index is 0. The van der Waals surface area contributed by atoms with Crippen LogP contribution < -0.4 is 15.8 Å². The number of nitrogens with two attached hydrogens (primary N) is 1. The summed E-state index contributed by atoms with van der Waals surface area (Å²) in [6.07, 6.45) is 6.95. The summed E-state index contributed by atoms with van der Waals surface area (Å²) in [5, 5.41) is 3.17. The van der Waals surface area contributed by atoms with Crippen molar-refractivity contribution in [2.75, 3.05) is 20.2 Å². The Labute approximate surface area is 151 Å². The third kappa shape index (κ3) is 9.87. The summed E-state index contributed by atoms with van der Waals surface area (Å²) in [4.78, 5) is 4.35. The van der Waals surface area contributed by atoms with Gasteiger partial charge in [0.05, 0.1) is 7.11 Å². The Morgan fingerprint density at radius 2 is 2.05 bits per heavy atom. The Morgan fingerprint density at radius 1 is 1.23 bits per heavy atom. The van der Waals surface area contributed by atoms with Crippen LogP contribution in [-0.4, -0.2) is 26.2 Å². The molecule has 5 heteroatoms. The predicted molar refractivity (Wildman–Crippen MR) is 105 cm³/mol. The third-order valence-electron chi connectivity index (χ3n) is 3.38. The summed E-state index contributed by atoms with van der Waals surface area (Å²) in [6, 6.07) is 8.16. The second-order valence-electron chi connectivity index (χ2n) is 5.21. The van der Waals surface area contributed by atoms with E-state index in [1.807, 2.05) is 12.1 Å². The molecule has 0 radical (unpaired) electrons. The lowest BCUT2D eigenvalue weighted by Gasteiger charge is -2.06. The van der Waals surface area contributed by atoms with Crippen molar-refractivity contribution >= 4 is 29.9 Å². The van der Waals surface area contributed by atoms with E-state index in [0.29, 0.717) is 5.96 Å². The molecule has 0 fully saturated rings. The molecule has 1 aromatic rings. The van der Waals surface area contributed by atoms with Gasteiger partial charge in [0.25, 0.3) is 0 Å². The molecule has 1 rings (SSSR count). The van der Waals surface area contributed by atoms with Crippen LogP contribution in [0, 0.1) is 0 Å². The number of nitrogens with one attached hydrogen (secondary N) is 1. The number of methoxy groups -OCH3 is 1. The maximum absolute atomic E-state index is 5.83. The highest BCUT2D eigenvalue weighted by molar-refractivity contribution is 14.0. The normalized spacial score (nSPS) is 10.9. The number of hydrogen-bond donors (Lipinski definition) is 2. The average molecular weight is 419 g/mol. The molecule has 0 spiro atoms. The number of guanidine groups is 1. The van der Waals surface area contributed by atoms with Crippen LogP contribution in [0.4, 0.5) is 0 Å². The van der Waals surface area contributed by atoms with Gasteiger partial charge >= 0.3 is 0 Å². The maximum Gasteiger partial charge on any atom is 0.188 e. The van der Waals surface area contributed by atoms with Gasteiger partial charge in [-0.15, -0.1) is 24.0 Å². The first kappa shape index (κ1) is 21.0. The molecule has 4 nitrogen and oxygen atoms in total. The zero-order chi connectivity index (χ0) is 15.3. The number of unbranched alkanes of at least 4 members (excludes halogenated alkanes) is 3. The predicted octanol–water partition coefficient (Wildman–Crippen LogP) is 3.73. The molecule has 0 aliphatic heterocycles. The molecule has 1 aromatic carbocycles. The van der Waals surface area contributed by atoms with Gasteiger partial charge in [-0.05, 0) is 37.0 Å². The first-order chi connectivity index (χ1) is 10.3. The van der Waals surface area contributed by atoms with Crippen LogP contribution >= 0.6 is 24.0 Å². The van der Waals surface area contributed by atoms with Crippen LogP contribution in [0.1, 0.15) is 44.6 Å². The topological polar surface area (TPSA) is 59.6 Å². The van der Waals surface area contributed by atoms with Gasteiger partial charge in [-0.2, -0.15) is 0 Å². The fourth-order valence-electron chi connectivity index (χ4n) is 2.13. The summed E-state index contributed by atoms with van der Waals surface area (Å²) in [5.74, 6) is 1.47. The summed E-state index contributed by atoms with van der Waals surface area (Å²) < 4.78 is 5.21. The lowest BCUT2D eigenvalue weighted by molar-refractivity contribution is 0.414. The van der Waals surface area contributed by atoms with Crippen molar-refractivity contribution in [1.82, 2.24) is 5.32 Å². The number of aliphatic imine (C=N–C) groups is 1. The van der Waals surface area contributed by atoms with Crippen molar-refractivity contribution in [3.05, 3.63) is 29.8 Å². The van der Waals surface area contributed by atoms with Crippen LogP contribution in [0.5, 0.6) is 5.75 Å². The number of nitrogens with zero attached hydrogens (tertiary/aromatic N) is 1. The Hall–Kier alpha value is -0.980. The molecule has 0 aromatic heterocycles. The lowest BCUT2D eigenvalue weighted by Crippen LogP contribution is -2.32. The van der Waals surface area contributed by atoms with Crippen LogP contribution in [0.15, 0.2) is 29.3 Å². The standard InChI is InChI=1S/C17H29N3O.HI/c1-3-4-5-6-12-19-17(18)20-13-8-10-15-9-7-11-16(14-15)21-2;/h7,9,11,14H,3-6,8,10,12-13H2,1-2H3,(H3,18,19,20);1H. The number of benzene rings is 1. The number of hydrogen-bond acceptors (Lipinski definition) is 2. The average Bonchev–Trinajstić information content (AvgIpc) is 2.51. The summed E-state index contributed by atoms with van der Waals surface area (Å²) >= 11 is 0. The van der Waals surface area contributed by atoms with E-state index in [1.165, 1.54) is 24.8 Å². The number of ether oxygens (including phenoxy) is 1. The van der Waals surface area contributed by atoms with Gasteiger partial charge in [0, 0.05) is 13.1 Å². The molecule has 0 saturated carbocycles. The minimum Gasteiger partial charge on any atom is -0.497 e. The minimum atomic E-state index is 0. The molecule has 22 heavy (non-hydrogen) atoms. The highest BCUT2D eigenvalue weighted by atomic mass is 127. The van der Waals surface area contributed by atoms with Crippen molar-refractivity contribution in [3.63, 3.8) is 0 Å². The molecular formula is C17H30IN3O. The Kier molecular flexibility index (Phi) is 13.1. The molecule has 0 aliphatic carbocycles. The van der Waals surface area contributed by atoms with Crippen LogP contribution in [0.25, 0.3) is 0 Å². The summed E-state index contributed by atoms with van der Waals surface area (Å²) in [6.45, 7) is 3.89. The van der Waals surface area contributed by atoms with Gasteiger partial charge in [-0.25, -0.2) is 0 Å². The number of aryl methyl sites for hydroxylation is 1. The smallest absolute Gasteiger partial charge is 0.188 e. The van der Waals surface area contributed by atoms with E-state index in [4.69, 9.17) is 10.5 Å². The van der Waals surface area contributed by atoms with Gasteiger partial charge < -0.3 is 15.8 Å². The fourth-order valence-corrected chi connectivity index (χ4v) is 2.13. The van der Waals surface area contributed by atoms with Crippen molar-refractivity contribution in [2.24, 2.45) is 10.7 Å². The quantitative estimate of drug-likeness (QED) is 0.263. The zero-order valence-corrected chi connectivity index (χ0v) is 16.1. The zero-order valence-electron chi connectivity index (χ0n) is 13.8. The summed E-state index contributed by atoms with van der Waals surface area (Å²) in [5.41, 5.74) is 7.11. The van der Waals surface area contributed by atoms with Gasteiger partial charge in [0.2, 0.25) is 0 Å². The van der Waals surface area contributed by atoms with Crippen LogP contribution in [0.3, 0.4) is 0 Å². The van der Waals surface area contributed by atoms with Crippen LogP contribution in [0.2, 0.25) is 0 Å². The molecule has 0 saturated heterocycles. The second-order valence-corrected chi connectivity index (χ2v) is 5.21. The molecule has 0 atom stereocenters. The SMILES string of the molecule is CCCCCCNC(N)=NCCCc1cccc(OC)c1.I. The van der Waals surface area contributed by atoms with E-state index in [0.717, 1.165) is 38.1 Å². The van der Waals surface area contributed by atoms with Crippen molar-refractivity contribution in [1.29, 1.82) is 0 Å². The maximum atomic E-state index is 5.83. The van der Waals surface area contributed by atoms with E-state index in [9.17, 15) is 0 Å². The molecular weight excluding hydrogens is 389 g/mol. The van der Waals surface area contributed by atoms with Gasteiger partial charge in [0.15, 0.2) is 5.96 Å². The highest BCUT2D eigenvalue weighted by Crippen LogP contribution is 2.13. The van der Waals surface area contributed by atoms with Gasteiger partial charge in [-0.3, -0.25) is 4.99 Å². The Bertz CT molecular complexity index is 424. The second kappa shape index (κ2) is 13.7. The van der Waals surface area contributed by atoms with E-state index < -0.39 is 0 Å². The van der Waals surface area contributed by atoms with E-state index in [2.05, 4.69) is 29.4 Å². The molecule has 0 bridgehead atoms.